The first-order valence-corrected chi connectivity index (χ1v) is 9.35. The van der Waals surface area contributed by atoms with Crippen molar-refractivity contribution in [2.75, 3.05) is 11.0 Å². The second-order valence-corrected chi connectivity index (χ2v) is 7.48. The third-order valence-corrected chi connectivity index (χ3v) is 4.29. The zero-order chi connectivity index (χ0) is 19.1. The highest BCUT2D eigenvalue weighted by atomic mass is 32.2. The predicted octanol–water partition coefficient (Wildman–Crippen LogP) is 1.73. The van der Waals surface area contributed by atoms with Crippen molar-refractivity contribution in [3.63, 3.8) is 0 Å². The highest BCUT2D eigenvalue weighted by Gasteiger charge is 2.38. The standard InChI is InChI=1S/C17H14N2O6S/c1-10-9-11(18-26(2,23)24)7-8-12(10)17(22)25-19-15(20)13-5-3-4-6-14(13)16(19)21/h3-9,18H,1-2H3. The normalized spacial score (nSPS) is 13.5. The zero-order valence-corrected chi connectivity index (χ0v) is 14.7. The number of anilines is 1. The van der Waals surface area contributed by atoms with Crippen LogP contribution in [0.2, 0.25) is 0 Å². The van der Waals surface area contributed by atoms with Crippen LogP contribution in [0.5, 0.6) is 0 Å². The fourth-order valence-corrected chi connectivity index (χ4v) is 3.11. The fourth-order valence-electron chi connectivity index (χ4n) is 2.55. The van der Waals surface area contributed by atoms with Gasteiger partial charge in [-0.15, -0.1) is 0 Å². The quantitative estimate of drug-likeness (QED) is 0.816. The van der Waals surface area contributed by atoms with E-state index in [0.29, 0.717) is 10.6 Å². The Morgan fingerprint density at radius 2 is 1.62 bits per heavy atom. The molecule has 0 unspecified atom stereocenters. The first-order chi connectivity index (χ1) is 12.2. The van der Waals surface area contributed by atoms with Crippen molar-refractivity contribution in [2.24, 2.45) is 0 Å². The summed E-state index contributed by atoms with van der Waals surface area (Å²) < 4.78 is 24.8. The summed E-state index contributed by atoms with van der Waals surface area (Å²) in [4.78, 5) is 41.8. The second-order valence-electron chi connectivity index (χ2n) is 5.73. The summed E-state index contributed by atoms with van der Waals surface area (Å²) in [5.74, 6) is -2.33. The Bertz CT molecular complexity index is 1010. The third kappa shape index (κ3) is 3.29. The molecule has 0 aliphatic carbocycles. The zero-order valence-electron chi connectivity index (χ0n) is 13.8. The summed E-state index contributed by atoms with van der Waals surface area (Å²) in [7, 11) is -3.45. The number of imide groups is 1. The highest BCUT2D eigenvalue weighted by molar-refractivity contribution is 7.92. The van der Waals surface area contributed by atoms with Crippen molar-refractivity contribution in [1.82, 2.24) is 5.06 Å². The summed E-state index contributed by atoms with van der Waals surface area (Å²) in [6.45, 7) is 1.58. The molecule has 0 aromatic heterocycles. The average molecular weight is 374 g/mol. The second kappa shape index (κ2) is 6.26. The largest absolute Gasteiger partial charge is 0.364 e. The molecule has 1 N–H and O–H groups in total. The molecule has 0 atom stereocenters. The van der Waals surface area contributed by atoms with E-state index in [1.54, 1.807) is 19.1 Å². The van der Waals surface area contributed by atoms with Gasteiger partial charge in [-0.05, 0) is 42.8 Å². The van der Waals surface area contributed by atoms with Crippen LogP contribution < -0.4 is 4.72 Å². The van der Waals surface area contributed by atoms with E-state index in [0.717, 1.165) is 6.26 Å². The van der Waals surface area contributed by atoms with Crippen molar-refractivity contribution in [1.29, 1.82) is 0 Å². The predicted molar refractivity (Wildman–Crippen MR) is 92.0 cm³/mol. The van der Waals surface area contributed by atoms with Gasteiger partial charge in [-0.2, -0.15) is 0 Å². The molecule has 0 radical (unpaired) electrons. The molecular formula is C17H14N2O6S. The molecule has 3 rings (SSSR count). The number of hydroxylamine groups is 2. The molecule has 26 heavy (non-hydrogen) atoms. The number of hydrogen-bond acceptors (Lipinski definition) is 6. The van der Waals surface area contributed by atoms with Crippen LogP contribution in [-0.4, -0.2) is 37.5 Å². The minimum atomic E-state index is -3.45. The van der Waals surface area contributed by atoms with E-state index in [1.807, 2.05) is 0 Å². The molecule has 0 fully saturated rings. The Morgan fingerprint density at radius 1 is 1.04 bits per heavy atom. The van der Waals surface area contributed by atoms with Gasteiger partial charge in [0.2, 0.25) is 10.0 Å². The van der Waals surface area contributed by atoms with Gasteiger partial charge < -0.3 is 4.84 Å². The molecule has 2 aromatic rings. The van der Waals surface area contributed by atoms with Crippen molar-refractivity contribution >= 4 is 33.5 Å². The SMILES string of the molecule is Cc1cc(NS(C)(=O)=O)ccc1C(=O)ON1C(=O)c2ccccc2C1=O. The van der Waals surface area contributed by atoms with Gasteiger partial charge in [0.15, 0.2) is 0 Å². The average Bonchev–Trinajstić information content (AvgIpc) is 2.79. The first kappa shape index (κ1) is 17.6. The Kier molecular flexibility index (Phi) is 4.25. The number of sulfonamides is 1. The summed E-state index contributed by atoms with van der Waals surface area (Å²) in [5.41, 5.74) is 1.12. The van der Waals surface area contributed by atoms with E-state index in [4.69, 9.17) is 4.84 Å². The minimum absolute atomic E-state index is 0.0978. The molecule has 134 valence electrons. The third-order valence-electron chi connectivity index (χ3n) is 3.68. The van der Waals surface area contributed by atoms with Crippen molar-refractivity contribution < 1.29 is 27.6 Å². The lowest BCUT2D eigenvalue weighted by Gasteiger charge is -2.14. The topological polar surface area (TPSA) is 110 Å². The summed E-state index contributed by atoms with van der Waals surface area (Å²) in [6, 6.07) is 10.3. The van der Waals surface area contributed by atoms with Crippen LogP contribution in [0.3, 0.4) is 0 Å². The van der Waals surface area contributed by atoms with Crippen LogP contribution in [0.15, 0.2) is 42.5 Å². The molecule has 0 saturated heterocycles. The lowest BCUT2D eigenvalue weighted by atomic mass is 10.1. The molecular weight excluding hydrogens is 360 g/mol. The molecule has 0 saturated carbocycles. The molecule has 2 amide bonds. The molecule has 1 heterocycles. The van der Waals surface area contributed by atoms with Gasteiger partial charge >= 0.3 is 5.97 Å². The van der Waals surface area contributed by atoms with Gasteiger partial charge in [-0.1, -0.05) is 17.2 Å². The number of amides is 2. The van der Waals surface area contributed by atoms with Gasteiger partial charge in [0.1, 0.15) is 0 Å². The van der Waals surface area contributed by atoms with Gasteiger partial charge in [0.25, 0.3) is 11.8 Å². The molecule has 9 heteroatoms. The van der Waals surface area contributed by atoms with Crippen LogP contribution in [0, 0.1) is 6.92 Å². The summed E-state index contributed by atoms with van der Waals surface area (Å²) in [6.07, 6.45) is 1.01. The van der Waals surface area contributed by atoms with E-state index in [9.17, 15) is 22.8 Å². The van der Waals surface area contributed by atoms with Gasteiger partial charge in [-0.3, -0.25) is 14.3 Å². The van der Waals surface area contributed by atoms with Crippen LogP contribution in [0.25, 0.3) is 0 Å². The number of hydrogen-bond donors (Lipinski definition) is 1. The van der Waals surface area contributed by atoms with Gasteiger partial charge in [0, 0.05) is 5.69 Å². The maximum atomic E-state index is 12.4. The Morgan fingerprint density at radius 3 is 2.12 bits per heavy atom. The maximum absolute atomic E-state index is 12.4. The van der Waals surface area contributed by atoms with E-state index in [1.165, 1.54) is 30.3 Å². The van der Waals surface area contributed by atoms with Gasteiger partial charge in [-0.25, -0.2) is 13.2 Å². The number of nitrogens with one attached hydrogen (secondary N) is 1. The lowest BCUT2D eigenvalue weighted by Crippen LogP contribution is -2.32. The molecule has 8 nitrogen and oxygen atoms in total. The Labute approximate surface area is 149 Å². The minimum Gasteiger partial charge on any atom is -0.324 e. The molecule has 0 spiro atoms. The monoisotopic (exact) mass is 374 g/mol. The smallest absolute Gasteiger partial charge is 0.324 e. The van der Waals surface area contributed by atoms with Crippen LogP contribution in [0.4, 0.5) is 5.69 Å². The van der Waals surface area contributed by atoms with E-state index in [2.05, 4.69) is 4.72 Å². The van der Waals surface area contributed by atoms with Gasteiger partial charge in [0.05, 0.1) is 22.9 Å². The number of benzene rings is 2. The lowest BCUT2D eigenvalue weighted by molar-refractivity contribution is -0.0585. The summed E-state index contributed by atoms with van der Waals surface area (Å²) in [5, 5.41) is 0.426. The maximum Gasteiger partial charge on any atom is 0.364 e. The first-order valence-electron chi connectivity index (χ1n) is 7.46. The Hall–Kier alpha value is -3.20. The van der Waals surface area contributed by atoms with Crippen LogP contribution in [0.1, 0.15) is 36.6 Å². The number of aryl methyl sites for hydroxylation is 1. The van der Waals surface area contributed by atoms with E-state index < -0.39 is 27.8 Å². The number of carbonyl (C=O) groups is 3. The number of nitrogens with zero attached hydrogens (tertiary/aromatic N) is 1. The number of rotatable bonds is 4. The van der Waals surface area contributed by atoms with Crippen molar-refractivity contribution in [3.8, 4) is 0 Å². The molecule has 1 aliphatic rings. The molecule has 1 aliphatic heterocycles. The molecule has 0 bridgehead atoms. The van der Waals surface area contributed by atoms with Crippen LogP contribution in [-0.2, 0) is 14.9 Å². The van der Waals surface area contributed by atoms with E-state index in [-0.39, 0.29) is 22.4 Å². The van der Waals surface area contributed by atoms with Crippen molar-refractivity contribution in [2.45, 2.75) is 6.92 Å². The number of carbonyl (C=O) groups excluding carboxylic acids is 3. The van der Waals surface area contributed by atoms with E-state index >= 15 is 0 Å². The highest BCUT2D eigenvalue weighted by Crippen LogP contribution is 2.24. The van der Waals surface area contributed by atoms with Crippen molar-refractivity contribution in [3.05, 3.63) is 64.7 Å². The Balaban J connectivity index is 1.81. The summed E-state index contributed by atoms with van der Waals surface area (Å²) >= 11 is 0. The van der Waals surface area contributed by atoms with Crippen LogP contribution >= 0.6 is 0 Å². The molecule has 2 aromatic carbocycles. The fraction of sp³-hybridized carbons (Fsp3) is 0.118. The number of fused-ring (bicyclic) bond motifs is 1.